The first-order valence-corrected chi connectivity index (χ1v) is 6.01. The van der Waals surface area contributed by atoms with E-state index in [0.717, 1.165) is 12.0 Å². The number of pyridine rings is 1. The lowest BCUT2D eigenvalue weighted by atomic mass is 10.2. The van der Waals surface area contributed by atoms with Gasteiger partial charge in [0, 0.05) is 13.0 Å². The Balaban J connectivity index is 1.81. The molecule has 2 aromatic rings. The van der Waals surface area contributed by atoms with Crippen LogP contribution in [0.5, 0.6) is 0 Å². The molecular weight excluding hydrogens is 247 g/mol. The molecule has 0 aliphatic rings. The molecule has 19 heavy (non-hydrogen) atoms. The van der Waals surface area contributed by atoms with Crippen LogP contribution in [0.15, 0.2) is 41.1 Å². The molecule has 0 aliphatic heterocycles. The number of hydrogen-bond donors (Lipinski definition) is 0. The summed E-state index contributed by atoms with van der Waals surface area (Å²) in [4.78, 5) is 17.6. The number of aromatic nitrogens is 1. The van der Waals surface area contributed by atoms with Crippen molar-refractivity contribution < 1.29 is 13.6 Å². The fourth-order valence-electron chi connectivity index (χ4n) is 1.71. The first-order valence-electron chi connectivity index (χ1n) is 6.01. The van der Waals surface area contributed by atoms with Crippen LogP contribution in [-0.2, 0) is 6.54 Å². The van der Waals surface area contributed by atoms with E-state index in [2.05, 4.69) is 4.98 Å². The van der Waals surface area contributed by atoms with E-state index in [-0.39, 0.29) is 5.78 Å². The summed E-state index contributed by atoms with van der Waals surface area (Å²) < 4.78 is 17.9. The summed E-state index contributed by atoms with van der Waals surface area (Å²) in [5.41, 5.74) is 0.299. The van der Waals surface area contributed by atoms with Crippen LogP contribution in [0, 0.1) is 5.82 Å². The summed E-state index contributed by atoms with van der Waals surface area (Å²) in [6.45, 7) is 1.25. The van der Waals surface area contributed by atoms with Gasteiger partial charge in [-0.2, -0.15) is 0 Å². The van der Waals surface area contributed by atoms with E-state index in [1.165, 1.54) is 12.1 Å². The lowest BCUT2D eigenvalue weighted by molar-refractivity contribution is 0.0961. The van der Waals surface area contributed by atoms with Gasteiger partial charge in [-0.15, -0.1) is 0 Å². The third-order valence-corrected chi connectivity index (χ3v) is 2.74. The molecule has 0 saturated heterocycles. The Labute approximate surface area is 110 Å². The van der Waals surface area contributed by atoms with Crippen molar-refractivity contribution in [2.24, 2.45) is 0 Å². The standard InChI is InChI=1S/C14H15FN2O2/c1-17(10-12-3-2-8-19-12)7-6-14(18)13-5-4-11(15)9-16-13/h2-5,8-9H,6-7,10H2,1H3. The predicted octanol–water partition coefficient (Wildman–Crippen LogP) is 2.52. The summed E-state index contributed by atoms with van der Waals surface area (Å²) in [5.74, 6) is 0.327. The molecule has 0 fully saturated rings. The first-order chi connectivity index (χ1) is 9.15. The zero-order valence-electron chi connectivity index (χ0n) is 10.7. The maximum Gasteiger partial charge on any atom is 0.182 e. The number of nitrogens with zero attached hydrogens (tertiary/aromatic N) is 2. The minimum Gasteiger partial charge on any atom is -0.468 e. The molecule has 0 atom stereocenters. The third kappa shape index (κ3) is 3.99. The Kier molecular flexibility index (Phi) is 4.41. The van der Waals surface area contributed by atoms with E-state index < -0.39 is 5.82 Å². The monoisotopic (exact) mass is 262 g/mol. The molecule has 2 heterocycles. The Bertz CT molecular complexity index is 523. The second-order valence-corrected chi connectivity index (χ2v) is 4.35. The summed E-state index contributed by atoms with van der Waals surface area (Å²) in [7, 11) is 1.91. The van der Waals surface area contributed by atoms with Gasteiger partial charge in [-0.3, -0.25) is 14.7 Å². The molecule has 0 saturated carbocycles. The average molecular weight is 262 g/mol. The van der Waals surface area contributed by atoms with E-state index in [4.69, 9.17) is 4.42 Å². The molecule has 0 N–H and O–H groups in total. The van der Waals surface area contributed by atoms with Gasteiger partial charge in [-0.1, -0.05) is 0 Å². The topological polar surface area (TPSA) is 46.3 Å². The number of carbonyl (C=O) groups is 1. The van der Waals surface area contributed by atoms with Crippen molar-refractivity contribution in [2.75, 3.05) is 13.6 Å². The molecule has 100 valence electrons. The maximum atomic E-state index is 12.7. The summed E-state index contributed by atoms with van der Waals surface area (Å²) in [6.07, 6.45) is 3.02. The molecule has 0 spiro atoms. The minimum atomic E-state index is -0.438. The number of carbonyl (C=O) groups excluding carboxylic acids is 1. The van der Waals surface area contributed by atoms with Gasteiger partial charge in [0.2, 0.25) is 0 Å². The van der Waals surface area contributed by atoms with Crippen LogP contribution in [-0.4, -0.2) is 29.3 Å². The number of furan rings is 1. The molecule has 0 bridgehead atoms. The van der Waals surface area contributed by atoms with E-state index in [0.29, 0.717) is 25.2 Å². The molecule has 0 amide bonds. The SMILES string of the molecule is CN(CCC(=O)c1ccc(F)cn1)Cc1ccco1. The van der Waals surface area contributed by atoms with Gasteiger partial charge < -0.3 is 4.42 Å². The zero-order chi connectivity index (χ0) is 13.7. The lowest BCUT2D eigenvalue weighted by Crippen LogP contribution is -2.21. The van der Waals surface area contributed by atoms with E-state index in [1.54, 1.807) is 6.26 Å². The largest absolute Gasteiger partial charge is 0.468 e. The minimum absolute atomic E-state index is 0.0914. The molecule has 4 nitrogen and oxygen atoms in total. The second-order valence-electron chi connectivity index (χ2n) is 4.35. The summed E-state index contributed by atoms with van der Waals surface area (Å²) in [5, 5.41) is 0. The Hall–Kier alpha value is -2.01. The maximum absolute atomic E-state index is 12.7. The van der Waals surface area contributed by atoms with Crippen molar-refractivity contribution in [3.8, 4) is 0 Å². The Morgan fingerprint density at radius 1 is 1.42 bits per heavy atom. The number of Topliss-reactive ketones (excluding diaryl/α,β-unsaturated/α-hetero) is 1. The molecule has 2 rings (SSSR count). The normalized spacial score (nSPS) is 10.9. The van der Waals surface area contributed by atoms with E-state index >= 15 is 0 Å². The van der Waals surface area contributed by atoms with E-state index in [9.17, 15) is 9.18 Å². The van der Waals surface area contributed by atoms with Crippen molar-refractivity contribution in [1.82, 2.24) is 9.88 Å². The first kappa shape index (κ1) is 13.4. The smallest absolute Gasteiger partial charge is 0.182 e. The van der Waals surface area contributed by atoms with Gasteiger partial charge in [0.1, 0.15) is 17.3 Å². The van der Waals surface area contributed by atoms with Gasteiger partial charge >= 0.3 is 0 Å². The summed E-state index contributed by atoms with van der Waals surface area (Å²) in [6, 6.07) is 6.37. The van der Waals surface area contributed by atoms with Crippen LogP contribution in [0.2, 0.25) is 0 Å². The number of ketones is 1. The number of rotatable bonds is 6. The predicted molar refractivity (Wildman–Crippen MR) is 68.2 cm³/mol. The van der Waals surface area contributed by atoms with Gasteiger partial charge in [0.25, 0.3) is 0 Å². The number of halogens is 1. The molecular formula is C14H15FN2O2. The van der Waals surface area contributed by atoms with Crippen LogP contribution in [0.3, 0.4) is 0 Å². The van der Waals surface area contributed by atoms with Crippen LogP contribution >= 0.6 is 0 Å². The second kappa shape index (κ2) is 6.24. The molecule has 2 aromatic heterocycles. The highest BCUT2D eigenvalue weighted by Gasteiger charge is 2.10. The molecule has 0 aromatic carbocycles. The lowest BCUT2D eigenvalue weighted by Gasteiger charge is -2.14. The van der Waals surface area contributed by atoms with Crippen molar-refractivity contribution in [2.45, 2.75) is 13.0 Å². The fourth-order valence-corrected chi connectivity index (χ4v) is 1.71. The van der Waals surface area contributed by atoms with Crippen LogP contribution in [0.4, 0.5) is 4.39 Å². The molecule has 0 aliphatic carbocycles. The van der Waals surface area contributed by atoms with Gasteiger partial charge in [-0.05, 0) is 31.3 Å². The van der Waals surface area contributed by atoms with Gasteiger partial charge in [-0.25, -0.2) is 4.39 Å². The quantitative estimate of drug-likeness (QED) is 0.750. The highest BCUT2D eigenvalue weighted by molar-refractivity contribution is 5.94. The number of hydrogen-bond acceptors (Lipinski definition) is 4. The zero-order valence-corrected chi connectivity index (χ0v) is 10.7. The van der Waals surface area contributed by atoms with Crippen molar-refractivity contribution >= 4 is 5.78 Å². The average Bonchev–Trinajstić information content (AvgIpc) is 2.89. The third-order valence-electron chi connectivity index (χ3n) is 2.74. The van der Waals surface area contributed by atoms with Crippen LogP contribution in [0.1, 0.15) is 22.7 Å². The fraction of sp³-hybridized carbons (Fsp3) is 0.286. The van der Waals surface area contributed by atoms with Crippen LogP contribution in [0.25, 0.3) is 0 Å². The van der Waals surface area contributed by atoms with Crippen molar-refractivity contribution in [3.63, 3.8) is 0 Å². The van der Waals surface area contributed by atoms with E-state index in [1.807, 2.05) is 24.1 Å². The highest BCUT2D eigenvalue weighted by Crippen LogP contribution is 2.06. The molecule has 0 radical (unpaired) electrons. The van der Waals surface area contributed by atoms with Gasteiger partial charge in [0.05, 0.1) is 19.0 Å². The molecule has 5 heteroatoms. The van der Waals surface area contributed by atoms with Gasteiger partial charge in [0.15, 0.2) is 5.78 Å². The Morgan fingerprint density at radius 2 is 2.26 bits per heavy atom. The Morgan fingerprint density at radius 3 is 2.89 bits per heavy atom. The molecule has 0 unspecified atom stereocenters. The van der Waals surface area contributed by atoms with Crippen molar-refractivity contribution in [3.05, 3.63) is 54.0 Å². The van der Waals surface area contributed by atoms with Crippen LogP contribution < -0.4 is 0 Å². The summed E-state index contributed by atoms with van der Waals surface area (Å²) >= 11 is 0. The highest BCUT2D eigenvalue weighted by atomic mass is 19.1. The van der Waals surface area contributed by atoms with Crippen molar-refractivity contribution in [1.29, 1.82) is 0 Å².